The number of fused-ring (bicyclic) bond motifs is 1. The molecule has 0 radical (unpaired) electrons. The highest BCUT2D eigenvalue weighted by Gasteiger charge is 2.43. The molecule has 6 nitrogen and oxygen atoms in total. The molecule has 2 N–H and O–H groups in total. The first kappa shape index (κ1) is 18.7. The van der Waals surface area contributed by atoms with Gasteiger partial charge in [-0.2, -0.15) is 0 Å². The van der Waals surface area contributed by atoms with Crippen LogP contribution in [0.15, 0.2) is 11.4 Å². The Bertz CT molecular complexity index is 680. The largest absolute Gasteiger partial charge is 0.450 e. The molecule has 1 aromatic heterocycles. The monoisotopic (exact) mass is 392 g/mol. The third-order valence-corrected chi connectivity index (χ3v) is 7.09. The van der Waals surface area contributed by atoms with Crippen LogP contribution >= 0.6 is 11.3 Å². The lowest BCUT2D eigenvalue weighted by molar-refractivity contribution is -0.928. The van der Waals surface area contributed by atoms with Crippen LogP contribution in [-0.4, -0.2) is 55.7 Å². The summed E-state index contributed by atoms with van der Waals surface area (Å²) in [6.07, 6.45) is 5.08. The minimum absolute atomic E-state index is 0.156. The number of piperidine rings is 1. The Hall–Kier alpha value is -1.60. The zero-order chi connectivity index (χ0) is 18.8. The summed E-state index contributed by atoms with van der Waals surface area (Å²) in [4.78, 5) is 29.2. The number of amides is 2. The van der Waals surface area contributed by atoms with Crippen LogP contribution in [0.1, 0.15) is 49.1 Å². The molecule has 4 rings (SSSR count). The van der Waals surface area contributed by atoms with Gasteiger partial charge in [0.2, 0.25) is 0 Å². The SMILES string of the molecule is CCOC(=O)N1CCC(NC(=O)C[NH+]2CCc3sccc3[C@@H]2C2CC2)CC1. The van der Waals surface area contributed by atoms with Crippen LogP contribution < -0.4 is 10.2 Å². The zero-order valence-electron chi connectivity index (χ0n) is 16.0. The molecule has 27 heavy (non-hydrogen) atoms. The van der Waals surface area contributed by atoms with Gasteiger partial charge in [-0.15, -0.1) is 11.3 Å². The Labute approximate surface area is 164 Å². The number of nitrogens with one attached hydrogen (secondary N) is 2. The van der Waals surface area contributed by atoms with Gasteiger partial charge in [0.05, 0.1) is 13.2 Å². The topological polar surface area (TPSA) is 63.1 Å². The first-order valence-electron chi connectivity index (χ1n) is 10.3. The van der Waals surface area contributed by atoms with Crippen molar-refractivity contribution >= 4 is 23.3 Å². The normalized spacial score (nSPS) is 25.7. The van der Waals surface area contributed by atoms with E-state index in [2.05, 4.69) is 16.8 Å². The number of nitrogens with zero attached hydrogens (tertiary/aromatic N) is 1. The molecule has 2 fully saturated rings. The highest BCUT2D eigenvalue weighted by Crippen LogP contribution is 2.42. The average Bonchev–Trinajstić information content (AvgIpc) is 3.38. The van der Waals surface area contributed by atoms with E-state index in [0.29, 0.717) is 32.3 Å². The number of hydrogen-bond donors (Lipinski definition) is 2. The van der Waals surface area contributed by atoms with Crippen LogP contribution in [0.5, 0.6) is 0 Å². The third-order valence-electron chi connectivity index (χ3n) is 6.10. The number of carbonyl (C=O) groups excluding carboxylic acids is 2. The minimum Gasteiger partial charge on any atom is -0.450 e. The van der Waals surface area contributed by atoms with E-state index in [9.17, 15) is 9.59 Å². The minimum atomic E-state index is -0.237. The third kappa shape index (κ3) is 4.29. The van der Waals surface area contributed by atoms with Crippen molar-refractivity contribution in [2.24, 2.45) is 5.92 Å². The Kier molecular flexibility index (Phi) is 5.68. The molecule has 1 aliphatic carbocycles. The van der Waals surface area contributed by atoms with Gasteiger partial charge in [-0.25, -0.2) is 4.79 Å². The number of hydrogen-bond acceptors (Lipinski definition) is 4. The second-order valence-electron chi connectivity index (χ2n) is 7.98. The maximum atomic E-state index is 12.7. The van der Waals surface area contributed by atoms with E-state index in [1.165, 1.54) is 28.2 Å². The molecule has 148 valence electrons. The lowest BCUT2D eigenvalue weighted by Crippen LogP contribution is -3.14. The van der Waals surface area contributed by atoms with E-state index in [1.54, 1.807) is 4.90 Å². The molecule has 1 saturated heterocycles. The van der Waals surface area contributed by atoms with Crippen molar-refractivity contribution in [2.45, 2.75) is 51.1 Å². The van der Waals surface area contributed by atoms with Crippen LogP contribution in [0.4, 0.5) is 4.79 Å². The van der Waals surface area contributed by atoms with Gasteiger partial charge < -0.3 is 19.9 Å². The Balaban J connectivity index is 1.28. The lowest BCUT2D eigenvalue weighted by atomic mass is 9.96. The second-order valence-corrected chi connectivity index (χ2v) is 8.98. The van der Waals surface area contributed by atoms with Gasteiger partial charge in [-0.3, -0.25) is 4.79 Å². The van der Waals surface area contributed by atoms with Gasteiger partial charge in [0, 0.05) is 41.9 Å². The lowest BCUT2D eigenvalue weighted by Gasteiger charge is -2.34. The summed E-state index contributed by atoms with van der Waals surface area (Å²) in [6.45, 7) is 5.16. The molecule has 3 heterocycles. The van der Waals surface area contributed by atoms with Crippen molar-refractivity contribution in [3.63, 3.8) is 0 Å². The predicted octanol–water partition coefficient (Wildman–Crippen LogP) is 1.38. The summed E-state index contributed by atoms with van der Waals surface area (Å²) in [5.74, 6) is 0.915. The van der Waals surface area contributed by atoms with Gasteiger partial charge in [-0.05, 0) is 44.1 Å². The second kappa shape index (κ2) is 8.19. The van der Waals surface area contributed by atoms with Gasteiger partial charge in [0.25, 0.3) is 5.91 Å². The maximum Gasteiger partial charge on any atom is 0.409 e. The van der Waals surface area contributed by atoms with E-state index in [1.807, 2.05) is 18.3 Å². The molecule has 7 heteroatoms. The number of carbonyl (C=O) groups is 2. The molecule has 0 bridgehead atoms. The predicted molar refractivity (Wildman–Crippen MR) is 104 cm³/mol. The average molecular weight is 393 g/mol. The van der Waals surface area contributed by atoms with E-state index in [-0.39, 0.29) is 18.0 Å². The highest BCUT2D eigenvalue weighted by atomic mass is 32.1. The van der Waals surface area contributed by atoms with Gasteiger partial charge in [0.15, 0.2) is 6.54 Å². The molecule has 0 aromatic carbocycles. The van der Waals surface area contributed by atoms with Crippen molar-refractivity contribution in [3.8, 4) is 0 Å². The van der Waals surface area contributed by atoms with Crippen LogP contribution in [-0.2, 0) is 16.0 Å². The highest BCUT2D eigenvalue weighted by molar-refractivity contribution is 7.10. The van der Waals surface area contributed by atoms with E-state index in [0.717, 1.165) is 31.7 Å². The number of quaternary nitrogens is 1. The summed E-state index contributed by atoms with van der Waals surface area (Å²) in [5.41, 5.74) is 1.50. The van der Waals surface area contributed by atoms with E-state index >= 15 is 0 Å². The van der Waals surface area contributed by atoms with Crippen molar-refractivity contribution in [3.05, 3.63) is 21.9 Å². The number of rotatable bonds is 5. The standard InChI is InChI=1S/C20H29N3O3S/c1-2-26-20(25)22-9-5-15(6-10-22)21-18(24)13-23-11-7-17-16(8-12-27-17)19(23)14-3-4-14/h8,12,14-15,19H,2-7,9-11,13H2,1H3,(H,21,24)/p+1/t19-/m0/s1. The van der Waals surface area contributed by atoms with Gasteiger partial charge >= 0.3 is 6.09 Å². The van der Waals surface area contributed by atoms with Crippen molar-refractivity contribution in [1.29, 1.82) is 0 Å². The first-order chi connectivity index (χ1) is 13.2. The van der Waals surface area contributed by atoms with Crippen LogP contribution in [0, 0.1) is 5.92 Å². The molecule has 2 atom stereocenters. The molecule has 2 amide bonds. The number of ether oxygens (including phenoxy) is 1. The van der Waals surface area contributed by atoms with Crippen LogP contribution in [0.2, 0.25) is 0 Å². The van der Waals surface area contributed by atoms with Crippen LogP contribution in [0.25, 0.3) is 0 Å². The smallest absolute Gasteiger partial charge is 0.409 e. The van der Waals surface area contributed by atoms with Crippen LogP contribution in [0.3, 0.4) is 0 Å². The number of thiophene rings is 1. The maximum absolute atomic E-state index is 12.7. The van der Waals surface area contributed by atoms with Gasteiger partial charge in [-0.1, -0.05) is 0 Å². The summed E-state index contributed by atoms with van der Waals surface area (Å²) in [6, 6.07) is 2.96. The molecule has 1 aromatic rings. The van der Waals surface area contributed by atoms with Crippen molar-refractivity contribution < 1.29 is 19.2 Å². The molecule has 1 unspecified atom stereocenters. The Morgan fingerprint density at radius 2 is 2.07 bits per heavy atom. The van der Waals surface area contributed by atoms with E-state index in [4.69, 9.17) is 4.74 Å². The molecule has 3 aliphatic rings. The molecular formula is C20H30N3O3S+. The number of likely N-dealkylation sites (tertiary alicyclic amines) is 1. The molecule has 2 aliphatic heterocycles. The molecule has 1 saturated carbocycles. The molecule has 0 spiro atoms. The quantitative estimate of drug-likeness (QED) is 0.796. The first-order valence-corrected chi connectivity index (χ1v) is 11.2. The Morgan fingerprint density at radius 1 is 1.30 bits per heavy atom. The molecular weight excluding hydrogens is 362 g/mol. The van der Waals surface area contributed by atoms with Crippen molar-refractivity contribution in [1.82, 2.24) is 10.2 Å². The fourth-order valence-electron chi connectivity index (χ4n) is 4.60. The summed E-state index contributed by atoms with van der Waals surface area (Å²) in [5, 5.41) is 5.43. The Morgan fingerprint density at radius 3 is 2.78 bits per heavy atom. The zero-order valence-corrected chi connectivity index (χ0v) is 16.9. The summed E-state index contributed by atoms with van der Waals surface area (Å²) in [7, 11) is 0. The fraction of sp³-hybridized carbons (Fsp3) is 0.700. The van der Waals surface area contributed by atoms with Gasteiger partial charge in [0.1, 0.15) is 6.04 Å². The fourth-order valence-corrected chi connectivity index (χ4v) is 5.53. The van der Waals surface area contributed by atoms with Crippen molar-refractivity contribution in [2.75, 3.05) is 32.8 Å². The van der Waals surface area contributed by atoms with E-state index < -0.39 is 0 Å². The summed E-state index contributed by atoms with van der Waals surface area (Å²) >= 11 is 1.87. The summed E-state index contributed by atoms with van der Waals surface area (Å²) < 4.78 is 5.06.